The van der Waals surface area contributed by atoms with Crippen LogP contribution in [0.1, 0.15) is 0 Å². The zero-order valence-electron chi connectivity index (χ0n) is 12.6. The molecular formula is C21H16N2. The topological polar surface area (TPSA) is 38.9 Å². The van der Waals surface area contributed by atoms with Crippen LogP contribution in [0.4, 0.5) is 5.69 Å². The zero-order valence-corrected chi connectivity index (χ0v) is 12.6. The highest BCUT2D eigenvalue weighted by atomic mass is 14.7. The maximum Gasteiger partial charge on any atom is 0.0730 e. The number of aromatic nitrogens is 1. The third kappa shape index (κ3) is 2.55. The molecule has 0 aliphatic rings. The van der Waals surface area contributed by atoms with Gasteiger partial charge in [-0.05, 0) is 23.3 Å². The molecule has 110 valence electrons. The maximum absolute atomic E-state index is 6.18. The second-order valence-corrected chi connectivity index (χ2v) is 5.56. The van der Waals surface area contributed by atoms with Gasteiger partial charge in [-0.2, -0.15) is 0 Å². The third-order valence-corrected chi connectivity index (χ3v) is 4.04. The first-order valence-corrected chi connectivity index (χ1v) is 7.62. The number of nitrogen functional groups attached to an aromatic ring is 1. The zero-order chi connectivity index (χ0) is 15.6. The van der Waals surface area contributed by atoms with Crippen LogP contribution in [0, 0.1) is 0 Å². The molecular weight excluding hydrogens is 280 g/mol. The third-order valence-electron chi connectivity index (χ3n) is 4.04. The molecule has 0 radical (unpaired) electrons. The number of benzene rings is 3. The Morgan fingerprint density at radius 1 is 0.609 bits per heavy atom. The van der Waals surface area contributed by atoms with Crippen LogP contribution in [0.25, 0.3) is 33.3 Å². The van der Waals surface area contributed by atoms with Crippen molar-refractivity contribution in [2.45, 2.75) is 0 Å². The molecule has 1 aromatic heterocycles. The van der Waals surface area contributed by atoms with Crippen molar-refractivity contribution in [1.29, 1.82) is 0 Å². The molecule has 0 bridgehead atoms. The molecule has 0 aliphatic carbocycles. The number of anilines is 1. The number of fused-ring (bicyclic) bond motifs is 1. The largest absolute Gasteiger partial charge is 0.398 e. The fourth-order valence-corrected chi connectivity index (χ4v) is 2.81. The second-order valence-electron chi connectivity index (χ2n) is 5.56. The van der Waals surface area contributed by atoms with Crippen molar-refractivity contribution in [2.75, 3.05) is 5.73 Å². The minimum Gasteiger partial charge on any atom is -0.398 e. The number of rotatable bonds is 2. The van der Waals surface area contributed by atoms with Crippen LogP contribution in [0.3, 0.4) is 0 Å². The second kappa shape index (κ2) is 5.58. The highest BCUT2D eigenvalue weighted by Crippen LogP contribution is 2.28. The van der Waals surface area contributed by atoms with Gasteiger partial charge in [-0.25, -0.2) is 4.98 Å². The highest BCUT2D eigenvalue weighted by molar-refractivity contribution is 5.92. The van der Waals surface area contributed by atoms with Crippen molar-refractivity contribution in [3.8, 4) is 22.4 Å². The number of para-hydroxylation sites is 1. The van der Waals surface area contributed by atoms with Crippen LogP contribution in [0.15, 0.2) is 84.9 Å². The molecule has 0 spiro atoms. The maximum atomic E-state index is 6.18. The van der Waals surface area contributed by atoms with Crippen LogP contribution in [0.5, 0.6) is 0 Å². The van der Waals surface area contributed by atoms with E-state index in [1.54, 1.807) is 0 Å². The van der Waals surface area contributed by atoms with Crippen LogP contribution >= 0.6 is 0 Å². The lowest BCUT2D eigenvalue weighted by Gasteiger charge is -2.08. The van der Waals surface area contributed by atoms with E-state index in [1.165, 1.54) is 11.1 Å². The lowest BCUT2D eigenvalue weighted by Crippen LogP contribution is -1.92. The molecule has 0 amide bonds. The molecule has 4 aromatic rings. The molecule has 2 heteroatoms. The summed E-state index contributed by atoms with van der Waals surface area (Å²) in [6, 6.07) is 28.7. The van der Waals surface area contributed by atoms with Gasteiger partial charge >= 0.3 is 0 Å². The Labute approximate surface area is 135 Å². The molecule has 0 unspecified atom stereocenters. The van der Waals surface area contributed by atoms with Crippen LogP contribution in [-0.4, -0.2) is 4.98 Å². The summed E-state index contributed by atoms with van der Waals surface area (Å²) in [6.07, 6.45) is 0. The number of nitrogens with zero attached hydrogens (tertiary/aromatic N) is 1. The summed E-state index contributed by atoms with van der Waals surface area (Å²) in [7, 11) is 0. The van der Waals surface area contributed by atoms with Gasteiger partial charge in [0, 0.05) is 16.6 Å². The Morgan fingerprint density at radius 3 is 2.00 bits per heavy atom. The fraction of sp³-hybridized carbons (Fsp3) is 0. The smallest absolute Gasteiger partial charge is 0.0730 e. The van der Waals surface area contributed by atoms with E-state index in [9.17, 15) is 0 Å². The average Bonchev–Trinajstić information content (AvgIpc) is 2.63. The first-order chi connectivity index (χ1) is 11.3. The van der Waals surface area contributed by atoms with Gasteiger partial charge in [-0.15, -0.1) is 0 Å². The number of pyridine rings is 1. The van der Waals surface area contributed by atoms with E-state index in [-0.39, 0.29) is 0 Å². The first-order valence-electron chi connectivity index (χ1n) is 7.62. The van der Waals surface area contributed by atoms with E-state index in [4.69, 9.17) is 10.7 Å². The Morgan fingerprint density at radius 2 is 1.22 bits per heavy atom. The van der Waals surface area contributed by atoms with E-state index >= 15 is 0 Å². The monoisotopic (exact) mass is 296 g/mol. The standard InChI is InChI=1S/C21H16N2/c22-19-14-21(23-20-9-5-4-8-18(19)20)17-12-10-16(11-13-17)15-6-2-1-3-7-15/h1-14H,(H2,22,23). The molecule has 23 heavy (non-hydrogen) atoms. The van der Waals surface area contributed by atoms with Crippen LogP contribution in [-0.2, 0) is 0 Å². The minimum atomic E-state index is 0.762. The summed E-state index contributed by atoms with van der Waals surface area (Å²) in [4.78, 5) is 4.73. The molecule has 3 aromatic carbocycles. The van der Waals surface area contributed by atoms with Gasteiger partial charge < -0.3 is 5.73 Å². The Kier molecular flexibility index (Phi) is 3.28. The van der Waals surface area contributed by atoms with E-state index in [0.717, 1.165) is 27.8 Å². The SMILES string of the molecule is Nc1cc(-c2ccc(-c3ccccc3)cc2)nc2ccccc12. The molecule has 2 N–H and O–H groups in total. The normalized spacial score (nSPS) is 10.8. The van der Waals surface area contributed by atoms with Crippen molar-refractivity contribution < 1.29 is 0 Å². The van der Waals surface area contributed by atoms with Crippen LogP contribution in [0.2, 0.25) is 0 Å². The van der Waals surface area contributed by atoms with Gasteiger partial charge in [0.25, 0.3) is 0 Å². The average molecular weight is 296 g/mol. The van der Waals surface area contributed by atoms with E-state index in [1.807, 2.05) is 36.4 Å². The summed E-state index contributed by atoms with van der Waals surface area (Å²) >= 11 is 0. The van der Waals surface area contributed by atoms with Gasteiger partial charge in [0.1, 0.15) is 0 Å². The molecule has 2 nitrogen and oxygen atoms in total. The number of hydrogen-bond donors (Lipinski definition) is 1. The summed E-state index contributed by atoms with van der Waals surface area (Å²) in [5.74, 6) is 0. The molecule has 0 fully saturated rings. The Hall–Kier alpha value is -3.13. The quantitative estimate of drug-likeness (QED) is 0.555. The first kappa shape index (κ1) is 13.5. The van der Waals surface area contributed by atoms with Gasteiger partial charge in [0.2, 0.25) is 0 Å². The predicted molar refractivity (Wildman–Crippen MR) is 97.0 cm³/mol. The Bertz CT molecular complexity index is 958. The van der Waals surface area contributed by atoms with Gasteiger partial charge in [0.15, 0.2) is 0 Å². The van der Waals surface area contributed by atoms with Gasteiger partial charge in [-0.3, -0.25) is 0 Å². The molecule has 0 aliphatic heterocycles. The van der Waals surface area contributed by atoms with Gasteiger partial charge in [-0.1, -0.05) is 72.8 Å². The van der Waals surface area contributed by atoms with Crippen LogP contribution < -0.4 is 5.73 Å². The lowest BCUT2D eigenvalue weighted by molar-refractivity contribution is 1.40. The summed E-state index contributed by atoms with van der Waals surface area (Å²) in [5, 5.41) is 0.997. The number of hydrogen-bond acceptors (Lipinski definition) is 2. The van der Waals surface area contributed by atoms with E-state index < -0.39 is 0 Å². The van der Waals surface area contributed by atoms with E-state index in [0.29, 0.717) is 0 Å². The molecule has 0 saturated carbocycles. The fourth-order valence-electron chi connectivity index (χ4n) is 2.81. The summed E-state index contributed by atoms with van der Waals surface area (Å²) in [6.45, 7) is 0. The number of nitrogens with two attached hydrogens (primary N) is 1. The molecule has 0 atom stereocenters. The van der Waals surface area contributed by atoms with Crippen molar-refractivity contribution in [3.05, 3.63) is 84.9 Å². The minimum absolute atomic E-state index is 0.762. The predicted octanol–water partition coefficient (Wildman–Crippen LogP) is 5.15. The van der Waals surface area contributed by atoms with Crippen molar-refractivity contribution in [3.63, 3.8) is 0 Å². The van der Waals surface area contributed by atoms with Crippen molar-refractivity contribution in [1.82, 2.24) is 4.98 Å². The highest BCUT2D eigenvalue weighted by Gasteiger charge is 2.05. The summed E-state index contributed by atoms with van der Waals surface area (Å²) < 4.78 is 0. The van der Waals surface area contributed by atoms with Crippen molar-refractivity contribution in [2.24, 2.45) is 0 Å². The summed E-state index contributed by atoms with van der Waals surface area (Å²) in [5.41, 5.74) is 12.2. The Balaban J connectivity index is 1.76. The molecule has 1 heterocycles. The van der Waals surface area contributed by atoms with Gasteiger partial charge in [0.05, 0.1) is 11.2 Å². The molecule has 4 rings (SSSR count). The lowest BCUT2D eigenvalue weighted by atomic mass is 10.0. The van der Waals surface area contributed by atoms with E-state index in [2.05, 4.69) is 48.5 Å². The van der Waals surface area contributed by atoms with Crippen molar-refractivity contribution >= 4 is 16.6 Å². The molecule has 0 saturated heterocycles.